The molecule has 4 rings (SSSR count). The lowest BCUT2D eigenvalue weighted by atomic mass is 9.99. The van der Waals surface area contributed by atoms with Crippen molar-refractivity contribution in [3.05, 3.63) is 102 Å². The molecule has 0 fully saturated rings. The molecule has 8 nitrogen and oxygen atoms in total. The molecule has 1 aliphatic carbocycles. The smallest absolute Gasteiger partial charge is 0.366 e. The number of carbonyl (C=O) groups excluding carboxylic acids is 3. The van der Waals surface area contributed by atoms with E-state index in [1.165, 1.54) is 0 Å². The van der Waals surface area contributed by atoms with Crippen molar-refractivity contribution in [1.29, 1.82) is 0 Å². The molecule has 9 heteroatoms. The molecule has 3 aromatic rings. The van der Waals surface area contributed by atoms with Gasteiger partial charge in [0.1, 0.15) is 30.5 Å². The molecule has 1 aliphatic rings. The van der Waals surface area contributed by atoms with Crippen LogP contribution in [0.2, 0.25) is 0 Å². The van der Waals surface area contributed by atoms with Crippen LogP contribution >= 0.6 is 0 Å². The van der Waals surface area contributed by atoms with Crippen molar-refractivity contribution in [2.24, 2.45) is 0 Å². The number of hydrogen-bond donors (Lipinski definition) is 0. The molecule has 41 heavy (non-hydrogen) atoms. The highest BCUT2D eigenvalue weighted by molar-refractivity contribution is 5.91. The number of ether oxygens (including phenoxy) is 5. The second-order valence-electron chi connectivity index (χ2n) is 9.10. The second kappa shape index (κ2) is 13.4. The topological polar surface area (TPSA) is 97.4 Å². The van der Waals surface area contributed by atoms with Crippen LogP contribution in [0.3, 0.4) is 0 Å². The summed E-state index contributed by atoms with van der Waals surface area (Å²) < 4.78 is 39.2. The Balaban J connectivity index is 1.32. The van der Waals surface area contributed by atoms with Crippen LogP contribution in [-0.4, -0.2) is 44.3 Å². The number of benzene rings is 3. The lowest BCUT2D eigenvalue weighted by molar-refractivity contribution is -0.141. The SMILES string of the molecule is C=CC(=O)OCCOc1ccc(C(=O)Oc2ccc3c(c2)C(C)c2cc(OCCCOC(=O)C(=C)F)ccc2-3)cc1. The Hall–Kier alpha value is -4.92. The standard InChI is InChI=1S/C32H29FO8/c1-4-30(34)39-17-16-38-23-8-6-22(7-9-23)32(36)41-25-11-13-27-26-12-10-24(18-28(26)20(2)29(27)19-25)37-14-5-15-40-31(35)21(3)33/h4,6-13,18-20H,1,3,5,14-17H2,2H3. The molecule has 0 bridgehead atoms. The van der Waals surface area contributed by atoms with E-state index in [-0.39, 0.29) is 25.7 Å². The van der Waals surface area contributed by atoms with E-state index in [2.05, 4.69) is 20.1 Å². The van der Waals surface area contributed by atoms with E-state index >= 15 is 0 Å². The van der Waals surface area contributed by atoms with Gasteiger partial charge in [-0.05, 0) is 70.8 Å². The summed E-state index contributed by atoms with van der Waals surface area (Å²) in [6, 6.07) is 17.9. The van der Waals surface area contributed by atoms with Crippen molar-refractivity contribution in [2.75, 3.05) is 26.4 Å². The largest absolute Gasteiger partial charge is 0.493 e. The number of fused-ring (bicyclic) bond motifs is 3. The van der Waals surface area contributed by atoms with Crippen molar-refractivity contribution in [2.45, 2.75) is 19.3 Å². The van der Waals surface area contributed by atoms with Gasteiger partial charge in [0.15, 0.2) is 0 Å². The molecule has 1 atom stereocenters. The molecule has 0 aromatic heterocycles. The maximum Gasteiger partial charge on any atom is 0.366 e. The van der Waals surface area contributed by atoms with Gasteiger partial charge in [0.25, 0.3) is 0 Å². The Morgan fingerprint density at radius 1 is 0.805 bits per heavy atom. The zero-order valence-corrected chi connectivity index (χ0v) is 22.5. The van der Waals surface area contributed by atoms with Crippen LogP contribution in [-0.2, 0) is 19.1 Å². The number of halogens is 1. The fourth-order valence-electron chi connectivity index (χ4n) is 4.32. The maximum atomic E-state index is 12.8. The van der Waals surface area contributed by atoms with E-state index in [0.29, 0.717) is 35.8 Å². The van der Waals surface area contributed by atoms with Crippen LogP contribution in [0, 0.1) is 0 Å². The van der Waals surface area contributed by atoms with E-state index in [4.69, 9.17) is 23.7 Å². The van der Waals surface area contributed by atoms with Gasteiger partial charge in [0.2, 0.25) is 5.83 Å². The fraction of sp³-hybridized carbons (Fsp3) is 0.219. The minimum atomic E-state index is -1.13. The molecule has 0 aliphatic heterocycles. The van der Waals surface area contributed by atoms with Gasteiger partial charge in [-0.3, -0.25) is 0 Å². The van der Waals surface area contributed by atoms with Gasteiger partial charge in [-0.2, -0.15) is 4.39 Å². The normalized spacial score (nSPS) is 12.9. The molecule has 3 aromatic carbocycles. The highest BCUT2D eigenvalue weighted by Gasteiger charge is 2.27. The molecule has 0 radical (unpaired) electrons. The molecule has 0 spiro atoms. The molecule has 0 heterocycles. The summed E-state index contributed by atoms with van der Waals surface area (Å²) in [6.45, 7) is 8.87. The summed E-state index contributed by atoms with van der Waals surface area (Å²) in [6.07, 6.45) is 1.49. The minimum Gasteiger partial charge on any atom is -0.493 e. The highest BCUT2D eigenvalue weighted by atomic mass is 19.1. The molecule has 0 saturated heterocycles. The Morgan fingerprint density at radius 3 is 2.07 bits per heavy atom. The van der Waals surface area contributed by atoms with Gasteiger partial charge >= 0.3 is 17.9 Å². The van der Waals surface area contributed by atoms with Gasteiger partial charge in [0.05, 0.1) is 18.8 Å². The minimum absolute atomic E-state index is 0.0308. The fourth-order valence-corrected chi connectivity index (χ4v) is 4.32. The quantitative estimate of drug-likeness (QED) is 0.110. The Kier molecular flexibility index (Phi) is 9.52. The Morgan fingerprint density at radius 2 is 1.41 bits per heavy atom. The van der Waals surface area contributed by atoms with Crippen LogP contribution in [0.1, 0.15) is 40.7 Å². The summed E-state index contributed by atoms with van der Waals surface area (Å²) >= 11 is 0. The monoisotopic (exact) mass is 560 g/mol. The van der Waals surface area contributed by atoms with Crippen LogP contribution in [0.15, 0.2) is 85.7 Å². The molecule has 0 amide bonds. The summed E-state index contributed by atoms with van der Waals surface area (Å²) in [5, 5.41) is 0. The second-order valence-corrected chi connectivity index (χ2v) is 9.10. The number of hydrogen-bond acceptors (Lipinski definition) is 8. The number of carbonyl (C=O) groups is 3. The number of esters is 3. The van der Waals surface area contributed by atoms with Crippen molar-refractivity contribution < 1.29 is 42.5 Å². The lowest BCUT2D eigenvalue weighted by Gasteiger charge is -2.11. The van der Waals surface area contributed by atoms with E-state index in [1.807, 2.05) is 30.3 Å². The summed E-state index contributed by atoms with van der Waals surface area (Å²) in [7, 11) is 0. The first-order valence-electron chi connectivity index (χ1n) is 12.9. The third-order valence-corrected chi connectivity index (χ3v) is 6.34. The summed E-state index contributed by atoms with van der Waals surface area (Å²) in [5.41, 5.74) is 4.59. The highest BCUT2D eigenvalue weighted by Crippen LogP contribution is 2.47. The zero-order chi connectivity index (χ0) is 29.4. The first-order valence-corrected chi connectivity index (χ1v) is 12.9. The molecular formula is C32H29FO8. The molecule has 212 valence electrons. The van der Waals surface area contributed by atoms with Crippen molar-refractivity contribution >= 4 is 17.9 Å². The maximum absolute atomic E-state index is 12.8. The van der Waals surface area contributed by atoms with E-state index in [0.717, 1.165) is 28.3 Å². The van der Waals surface area contributed by atoms with Crippen LogP contribution in [0.5, 0.6) is 17.2 Å². The molecule has 1 unspecified atom stereocenters. The number of rotatable bonds is 13. The Bertz CT molecular complexity index is 1460. The van der Waals surface area contributed by atoms with E-state index in [1.54, 1.807) is 30.3 Å². The van der Waals surface area contributed by atoms with Gasteiger partial charge in [-0.15, -0.1) is 0 Å². The van der Waals surface area contributed by atoms with Crippen molar-refractivity contribution in [1.82, 2.24) is 0 Å². The van der Waals surface area contributed by atoms with E-state index < -0.39 is 23.7 Å². The first kappa shape index (κ1) is 29.1. The van der Waals surface area contributed by atoms with Gasteiger partial charge in [-0.25, -0.2) is 14.4 Å². The Labute approximate surface area is 236 Å². The predicted octanol–water partition coefficient (Wildman–Crippen LogP) is 5.94. The van der Waals surface area contributed by atoms with Crippen LogP contribution < -0.4 is 14.2 Å². The lowest BCUT2D eigenvalue weighted by Crippen LogP contribution is -2.11. The van der Waals surface area contributed by atoms with Gasteiger partial charge in [-0.1, -0.05) is 32.2 Å². The van der Waals surface area contributed by atoms with Crippen molar-refractivity contribution in [3.8, 4) is 28.4 Å². The third-order valence-electron chi connectivity index (χ3n) is 6.34. The molecule has 0 saturated carbocycles. The van der Waals surface area contributed by atoms with Crippen LogP contribution in [0.25, 0.3) is 11.1 Å². The summed E-state index contributed by atoms with van der Waals surface area (Å²) in [4.78, 5) is 34.9. The molecular weight excluding hydrogens is 531 g/mol. The zero-order valence-electron chi connectivity index (χ0n) is 22.5. The van der Waals surface area contributed by atoms with Crippen molar-refractivity contribution in [3.63, 3.8) is 0 Å². The van der Waals surface area contributed by atoms with Gasteiger partial charge < -0.3 is 23.7 Å². The predicted molar refractivity (Wildman–Crippen MR) is 149 cm³/mol. The summed E-state index contributed by atoms with van der Waals surface area (Å²) in [5.74, 6) is -1.55. The first-order chi connectivity index (χ1) is 19.8. The van der Waals surface area contributed by atoms with E-state index in [9.17, 15) is 18.8 Å². The average molecular weight is 561 g/mol. The average Bonchev–Trinajstić information content (AvgIpc) is 3.25. The van der Waals surface area contributed by atoms with Crippen LogP contribution in [0.4, 0.5) is 4.39 Å². The molecule has 0 N–H and O–H groups in total. The van der Waals surface area contributed by atoms with Gasteiger partial charge in [0, 0.05) is 18.4 Å². The third kappa shape index (κ3) is 7.39.